The highest BCUT2D eigenvalue weighted by Crippen LogP contribution is 2.21. The number of nitrogens with one attached hydrogen (secondary N) is 1. The van der Waals surface area contributed by atoms with E-state index in [-0.39, 0.29) is 5.69 Å². The molecule has 0 saturated heterocycles. The van der Waals surface area contributed by atoms with Crippen molar-refractivity contribution in [2.24, 2.45) is 0 Å². The Morgan fingerprint density at radius 1 is 1.12 bits per heavy atom. The molecular weight excluding hydrogens is 363 g/mol. The molecule has 0 fully saturated rings. The predicted octanol–water partition coefficient (Wildman–Crippen LogP) is 2.02. The zero-order chi connectivity index (χ0) is 19.3. The van der Waals surface area contributed by atoms with Crippen LogP contribution >= 0.6 is 0 Å². The summed E-state index contributed by atoms with van der Waals surface area (Å²) in [5, 5.41) is 2.50. The molecule has 1 amide bonds. The summed E-state index contributed by atoms with van der Waals surface area (Å²) in [7, 11) is -2.63. The molecule has 0 aliphatic heterocycles. The van der Waals surface area contributed by atoms with Crippen LogP contribution in [0.4, 0.5) is 15.8 Å². The number of hydrogen-bond donors (Lipinski definition) is 1. The molecule has 0 atom stereocenters. The molecule has 0 aliphatic rings. The Kier molecular flexibility index (Phi) is 5.93. The SMILES string of the molecule is COC(=O)c1ccc(NC(=O)CN(c2ccccc2F)S(C)(=O)=O)cc1. The first-order chi connectivity index (χ1) is 12.2. The number of carbonyl (C=O) groups is 2. The Morgan fingerprint density at radius 2 is 1.73 bits per heavy atom. The van der Waals surface area contributed by atoms with E-state index in [2.05, 4.69) is 10.1 Å². The molecule has 2 aromatic carbocycles. The smallest absolute Gasteiger partial charge is 0.337 e. The van der Waals surface area contributed by atoms with Crippen molar-refractivity contribution in [3.63, 3.8) is 0 Å². The second-order valence-corrected chi connectivity index (χ2v) is 7.24. The highest BCUT2D eigenvalue weighted by Gasteiger charge is 2.23. The van der Waals surface area contributed by atoms with Crippen LogP contribution in [0, 0.1) is 5.82 Å². The van der Waals surface area contributed by atoms with Gasteiger partial charge in [0.05, 0.1) is 24.6 Å². The Bertz CT molecular complexity index is 913. The summed E-state index contributed by atoms with van der Waals surface area (Å²) in [6.07, 6.45) is 0.887. The van der Waals surface area contributed by atoms with Gasteiger partial charge in [0.1, 0.15) is 12.4 Å². The minimum absolute atomic E-state index is 0.216. The Labute approximate surface area is 150 Å². The van der Waals surface area contributed by atoms with Crippen LogP contribution in [0.2, 0.25) is 0 Å². The number of anilines is 2. The lowest BCUT2D eigenvalue weighted by molar-refractivity contribution is -0.114. The third-order valence-corrected chi connectivity index (χ3v) is 4.52. The van der Waals surface area contributed by atoms with Crippen molar-refractivity contribution in [2.75, 3.05) is 29.5 Å². The Morgan fingerprint density at radius 3 is 2.27 bits per heavy atom. The monoisotopic (exact) mass is 380 g/mol. The van der Waals surface area contributed by atoms with E-state index in [4.69, 9.17) is 0 Å². The molecule has 0 saturated carbocycles. The number of halogens is 1. The number of amides is 1. The number of carbonyl (C=O) groups excluding carboxylic acids is 2. The highest BCUT2D eigenvalue weighted by atomic mass is 32.2. The summed E-state index contributed by atoms with van der Waals surface area (Å²) in [4.78, 5) is 23.6. The van der Waals surface area contributed by atoms with Crippen LogP contribution in [0.5, 0.6) is 0 Å². The fourth-order valence-electron chi connectivity index (χ4n) is 2.17. The number of para-hydroxylation sites is 1. The van der Waals surface area contributed by atoms with Crippen LogP contribution in [0.3, 0.4) is 0 Å². The van der Waals surface area contributed by atoms with Gasteiger partial charge in [0.2, 0.25) is 15.9 Å². The van der Waals surface area contributed by atoms with E-state index in [0.717, 1.165) is 12.3 Å². The number of methoxy groups -OCH3 is 1. The van der Waals surface area contributed by atoms with Gasteiger partial charge < -0.3 is 10.1 Å². The standard InChI is InChI=1S/C17H17FN2O5S/c1-25-17(22)12-7-9-13(10-8-12)19-16(21)11-20(26(2,23)24)15-6-4-3-5-14(15)18/h3-10H,11H2,1-2H3,(H,19,21). The van der Waals surface area contributed by atoms with Crippen LogP contribution in [-0.2, 0) is 19.6 Å². The Hall–Kier alpha value is -2.94. The van der Waals surface area contributed by atoms with Crippen molar-refractivity contribution in [1.82, 2.24) is 0 Å². The number of esters is 1. The summed E-state index contributed by atoms with van der Waals surface area (Å²) in [5.41, 5.74) is 0.436. The molecule has 9 heteroatoms. The molecule has 0 aromatic heterocycles. The summed E-state index contributed by atoms with van der Waals surface area (Å²) in [6, 6.07) is 11.1. The maximum Gasteiger partial charge on any atom is 0.337 e. The van der Waals surface area contributed by atoms with E-state index in [9.17, 15) is 22.4 Å². The molecule has 26 heavy (non-hydrogen) atoms. The van der Waals surface area contributed by atoms with Gasteiger partial charge in [0.25, 0.3) is 0 Å². The van der Waals surface area contributed by atoms with E-state index in [1.807, 2.05) is 0 Å². The van der Waals surface area contributed by atoms with Gasteiger partial charge in [-0.15, -0.1) is 0 Å². The number of ether oxygens (including phenoxy) is 1. The van der Waals surface area contributed by atoms with Crippen molar-refractivity contribution < 1.29 is 27.1 Å². The average molecular weight is 380 g/mol. The normalized spacial score (nSPS) is 10.9. The maximum atomic E-state index is 13.9. The summed E-state index contributed by atoms with van der Waals surface area (Å²) >= 11 is 0. The quantitative estimate of drug-likeness (QED) is 0.774. The van der Waals surface area contributed by atoms with E-state index >= 15 is 0 Å². The van der Waals surface area contributed by atoms with Crippen LogP contribution in [-0.4, -0.2) is 40.2 Å². The van der Waals surface area contributed by atoms with Gasteiger partial charge in [-0.2, -0.15) is 0 Å². The molecule has 0 unspecified atom stereocenters. The number of nitrogens with zero attached hydrogens (tertiary/aromatic N) is 1. The van der Waals surface area contributed by atoms with Crippen LogP contribution in [0.25, 0.3) is 0 Å². The molecule has 0 aliphatic carbocycles. The second kappa shape index (κ2) is 7.96. The number of benzene rings is 2. The lowest BCUT2D eigenvalue weighted by atomic mass is 10.2. The largest absolute Gasteiger partial charge is 0.465 e. The molecule has 7 nitrogen and oxygen atoms in total. The third-order valence-electron chi connectivity index (χ3n) is 3.40. The molecule has 0 heterocycles. The number of hydrogen-bond acceptors (Lipinski definition) is 5. The lowest BCUT2D eigenvalue weighted by Crippen LogP contribution is -2.38. The number of rotatable bonds is 6. The van der Waals surface area contributed by atoms with Crippen molar-refractivity contribution in [2.45, 2.75) is 0 Å². The van der Waals surface area contributed by atoms with Gasteiger partial charge in [0.15, 0.2) is 0 Å². The van der Waals surface area contributed by atoms with Crippen LogP contribution < -0.4 is 9.62 Å². The zero-order valence-corrected chi connectivity index (χ0v) is 14.9. The molecule has 138 valence electrons. The predicted molar refractivity (Wildman–Crippen MR) is 95.0 cm³/mol. The topological polar surface area (TPSA) is 92.8 Å². The fourth-order valence-corrected chi connectivity index (χ4v) is 3.03. The molecule has 1 N–H and O–H groups in total. The first-order valence-electron chi connectivity index (χ1n) is 7.43. The minimum atomic E-state index is -3.88. The van der Waals surface area contributed by atoms with E-state index in [1.54, 1.807) is 0 Å². The lowest BCUT2D eigenvalue weighted by Gasteiger charge is -2.22. The zero-order valence-electron chi connectivity index (χ0n) is 14.1. The molecule has 2 aromatic rings. The van der Waals surface area contributed by atoms with Crippen LogP contribution in [0.1, 0.15) is 10.4 Å². The first kappa shape index (κ1) is 19.4. The van der Waals surface area contributed by atoms with Crippen molar-refractivity contribution in [3.05, 3.63) is 59.9 Å². The van der Waals surface area contributed by atoms with Gasteiger partial charge in [-0.25, -0.2) is 17.6 Å². The van der Waals surface area contributed by atoms with Crippen molar-refractivity contribution in [1.29, 1.82) is 0 Å². The van der Waals surface area contributed by atoms with E-state index in [1.165, 1.54) is 49.6 Å². The third kappa shape index (κ3) is 4.79. The van der Waals surface area contributed by atoms with Gasteiger partial charge in [-0.1, -0.05) is 12.1 Å². The van der Waals surface area contributed by atoms with Gasteiger partial charge >= 0.3 is 5.97 Å². The molecule has 0 radical (unpaired) electrons. The van der Waals surface area contributed by atoms with Crippen molar-refractivity contribution >= 4 is 33.3 Å². The summed E-state index contributed by atoms with van der Waals surface area (Å²) < 4.78 is 43.1. The summed E-state index contributed by atoms with van der Waals surface area (Å²) in [6.45, 7) is -0.599. The van der Waals surface area contributed by atoms with Crippen LogP contribution in [0.15, 0.2) is 48.5 Å². The van der Waals surface area contributed by atoms with Gasteiger partial charge in [0, 0.05) is 5.69 Å². The number of sulfonamides is 1. The molecular formula is C17H17FN2O5S. The average Bonchev–Trinajstić information content (AvgIpc) is 2.59. The molecule has 0 spiro atoms. The van der Waals surface area contributed by atoms with Gasteiger partial charge in [-0.05, 0) is 36.4 Å². The summed E-state index contributed by atoms with van der Waals surface area (Å²) in [5.74, 6) is -1.94. The minimum Gasteiger partial charge on any atom is -0.465 e. The fraction of sp³-hybridized carbons (Fsp3) is 0.176. The first-order valence-corrected chi connectivity index (χ1v) is 9.27. The van der Waals surface area contributed by atoms with E-state index < -0.39 is 34.3 Å². The van der Waals surface area contributed by atoms with Gasteiger partial charge in [-0.3, -0.25) is 9.10 Å². The molecule has 0 bridgehead atoms. The molecule has 2 rings (SSSR count). The van der Waals surface area contributed by atoms with Crippen molar-refractivity contribution in [3.8, 4) is 0 Å². The maximum absolute atomic E-state index is 13.9. The Balaban J connectivity index is 2.16. The second-order valence-electron chi connectivity index (χ2n) is 5.34. The highest BCUT2D eigenvalue weighted by molar-refractivity contribution is 7.92. The van der Waals surface area contributed by atoms with E-state index in [0.29, 0.717) is 15.6 Å².